The Hall–Kier alpha value is -0.410. The fourth-order valence-electron chi connectivity index (χ4n) is 0.876. The highest BCUT2D eigenvalue weighted by atomic mass is 33.1. The van der Waals surface area contributed by atoms with Crippen LogP contribution in [0.1, 0.15) is 11.4 Å². The van der Waals surface area contributed by atoms with Crippen LogP contribution in [0.2, 0.25) is 0 Å². The molecule has 1 aliphatic rings. The van der Waals surface area contributed by atoms with Gasteiger partial charge in [-0.2, -0.15) is 0 Å². The molecule has 70 valence electrons. The van der Waals surface area contributed by atoms with Crippen molar-refractivity contribution in [3.05, 3.63) is 41.1 Å². The summed E-state index contributed by atoms with van der Waals surface area (Å²) >= 11 is 0. The Kier molecular flexibility index (Phi) is 5.01. The lowest BCUT2D eigenvalue weighted by molar-refractivity contribution is 1.12. The van der Waals surface area contributed by atoms with E-state index in [4.69, 9.17) is 0 Å². The van der Waals surface area contributed by atoms with E-state index in [0.717, 1.165) is 11.4 Å². The maximum absolute atomic E-state index is 4.17. The minimum Gasteiger partial charge on any atom is -0.258 e. The molecule has 1 aromatic heterocycles. The molecule has 0 aliphatic carbocycles. The number of hydrogen-bond donors (Lipinski definition) is 0. The van der Waals surface area contributed by atoms with Crippen molar-refractivity contribution in [2.45, 2.75) is 13.8 Å². The van der Waals surface area contributed by atoms with Gasteiger partial charge in [0.2, 0.25) is 0 Å². The molecule has 0 saturated heterocycles. The van der Waals surface area contributed by atoms with Gasteiger partial charge in [0.1, 0.15) is 0 Å². The Labute approximate surface area is 87.4 Å². The van der Waals surface area contributed by atoms with Crippen LogP contribution in [0.15, 0.2) is 29.7 Å². The summed E-state index contributed by atoms with van der Waals surface area (Å²) in [5.41, 5.74) is 2.18. The molecule has 1 nitrogen and oxygen atoms in total. The maximum Gasteiger partial charge on any atom is 0.0375 e. The van der Waals surface area contributed by atoms with Crippen LogP contribution in [0, 0.1) is 13.8 Å². The zero-order valence-electron chi connectivity index (χ0n) is 7.86. The number of nitrogens with zero attached hydrogens (tertiary/aromatic N) is 1. The lowest BCUT2D eigenvalue weighted by Gasteiger charge is -1.90. The van der Waals surface area contributed by atoms with Crippen LogP contribution in [-0.4, -0.2) is 10.7 Å². The molecule has 0 aromatic carbocycles. The van der Waals surface area contributed by atoms with Crippen molar-refractivity contribution in [3.63, 3.8) is 0 Å². The second-order valence-electron chi connectivity index (χ2n) is 2.67. The molecule has 1 aliphatic heterocycles. The smallest absolute Gasteiger partial charge is 0.0375 e. The van der Waals surface area contributed by atoms with Crippen LogP contribution in [-0.2, 0) is 0 Å². The molecule has 13 heavy (non-hydrogen) atoms. The van der Waals surface area contributed by atoms with Gasteiger partial charge in [-0.3, -0.25) is 4.98 Å². The molecule has 0 atom stereocenters. The Morgan fingerprint density at radius 3 is 2.15 bits per heavy atom. The summed E-state index contributed by atoms with van der Waals surface area (Å²) in [6.45, 7) is 3.99. The molecule has 0 N–H and O–H groups in total. The Bertz CT molecular complexity index is 261. The van der Waals surface area contributed by atoms with E-state index in [2.05, 4.69) is 16.5 Å². The van der Waals surface area contributed by atoms with Gasteiger partial charge in [-0.05, 0) is 31.4 Å². The predicted molar refractivity (Wildman–Crippen MR) is 62.9 cm³/mol. The second kappa shape index (κ2) is 6.11. The van der Waals surface area contributed by atoms with E-state index in [1.807, 2.05) is 53.6 Å². The lowest BCUT2D eigenvalue weighted by Crippen LogP contribution is -1.81. The topological polar surface area (TPSA) is 12.9 Å². The van der Waals surface area contributed by atoms with Gasteiger partial charge in [-0.25, -0.2) is 0 Å². The summed E-state index contributed by atoms with van der Waals surface area (Å²) in [7, 11) is 3.69. The first kappa shape index (κ1) is 10.7. The van der Waals surface area contributed by atoms with E-state index in [9.17, 15) is 0 Å². The molecule has 0 bridgehead atoms. The number of aromatic nitrogens is 1. The van der Waals surface area contributed by atoms with Gasteiger partial charge in [0.15, 0.2) is 0 Å². The molecule has 1 aromatic rings. The molecule has 3 heteroatoms. The maximum atomic E-state index is 4.17. The summed E-state index contributed by atoms with van der Waals surface area (Å²) in [4.78, 5) is 4.17. The number of pyridine rings is 1. The number of aryl methyl sites for hydroxylation is 2. The highest BCUT2D eigenvalue weighted by molar-refractivity contribution is 8.78. The van der Waals surface area contributed by atoms with E-state index < -0.39 is 0 Å². The third kappa shape index (κ3) is 5.01. The molecule has 0 unspecified atom stereocenters. The average Bonchev–Trinajstić information content (AvgIpc) is 2.59. The van der Waals surface area contributed by atoms with E-state index in [-0.39, 0.29) is 0 Å². The fourth-order valence-corrected chi connectivity index (χ4v) is 2.45. The predicted octanol–water partition coefficient (Wildman–Crippen LogP) is 3.59. The third-order valence-electron chi connectivity index (χ3n) is 1.41. The van der Waals surface area contributed by atoms with Crippen molar-refractivity contribution >= 4 is 21.6 Å². The van der Waals surface area contributed by atoms with Crippen molar-refractivity contribution in [2.24, 2.45) is 0 Å². The van der Waals surface area contributed by atoms with Crippen LogP contribution in [0.4, 0.5) is 0 Å². The van der Waals surface area contributed by atoms with Crippen LogP contribution in [0.5, 0.6) is 0 Å². The zero-order chi connectivity index (χ0) is 9.52. The highest BCUT2D eigenvalue weighted by Crippen LogP contribution is 2.27. The largest absolute Gasteiger partial charge is 0.258 e. The molecule has 0 saturated carbocycles. The summed E-state index contributed by atoms with van der Waals surface area (Å²) in [6, 6.07) is 6.00. The summed E-state index contributed by atoms with van der Waals surface area (Å²) in [6.07, 6.45) is 2.16. The van der Waals surface area contributed by atoms with Gasteiger partial charge in [0.25, 0.3) is 0 Å². The van der Waals surface area contributed by atoms with E-state index in [1.54, 1.807) is 0 Å². The van der Waals surface area contributed by atoms with E-state index >= 15 is 0 Å². The third-order valence-corrected chi connectivity index (χ3v) is 3.33. The standard InChI is InChI=1S/C7H9N.C3H4S2/c1-6-4-3-5-7(2)8-6;1-2-4-5-3-1/h3-5H,1-2H3;1-2H,3H2. The van der Waals surface area contributed by atoms with E-state index in [0.29, 0.717) is 0 Å². The molecule has 2 rings (SSSR count). The fraction of sp³-hybridized carbons (Fsp3) is 0.300. The molecule has 0 spiro atoms. The van der Waals surface area contributed by atoms with Gasteiger partial charge in [-0.15, -0.1) is 0 Å². The van der Waals surface area contributed by atoms with Crippen molar-refractivity contribution in [3.8, 4) is 0 Å². The average molecular weight is 211 g/mol. The molecular weight excluding hydrogens is 198 g/mol. The molecule has 0 fully saturated rings. The Morgan fingerprint density at radius 2 is 1.92 bits per heavy atom. The summed E-state index contributed by atoms with van der Waals surface area (Å²) in [5, 5.41) is 2.12. The molecule has 2 heterocycles. The quantitative estimate of drug-likeness (QED) is 0.609. The van der Waals surface area contributed by atoms with Crippen LogP contribution < -0.4 is 0 Å². The van der Waals surface area contributed by atoms with Gasteiger partial charge in [0, 0.05) is 17.1 Å². The van der Waals surface area contributed by atoms with Crippen molar-refractivity contribution in [2.75, 3.05) is 5.75 Å². The number of rotatable bonds is 0. The lowest BCUT2D eigenvalue weighted by atomic mass is 10.3. The van der Waals surface area contributed by atoms with Crippen molar-refractivity contribution in [1.82, 2.24) is 4.98 Å². The van der Waals surface area contributed by atoms with Crippen LogP contribution in [0.3, 0.4) is 0 Å². The first-order valence-electron chi connectivity index (χ1n) is 4.12. The van der Waals surface area contributed by atoms with E-state index in [1.165, 1.54) is 5.75 Å². The molecule has 0 amide bonds. The van der Waals surface area contributed by atoms with Gasteiger partial charge in [-0.1, -0.05) is 33.7 Å². The SMILES string of the molecule is C1=CSSC1.Cc1cccc(C)n1. The first-order valence-corrected chi connectivity index (χ1v) is 6.51. The van der Waals surface area contributed by atoms with Crippen molar-refractivity contribution in [1.29, 1.82) is 0 Å². The normalized spacial score (nSPS) is 13.7. The zero-order valence-corrected chi connectivity index (χ0v) is 9.49. The highest BCUT2D eigenvalue weighted by Gasteiger charge is 1.86. The minimum absolute atomic E-state index is 1.09. The first-order chi connectivity index (χ1) is 6.29. The summed E-state index contributed by atoms with van der Waals surface area (Å²) in [5.74, 6) is 1.20. The summed E-state index contributed by atoms with van der Waals surface area (Å²) < 4.78 is 0. The molecular formula is C10H13NS2. The van der Waals surface area contributed by atoms with Crippen LogP contribution >= 0.6 is 21.6 Å². The van der Waals surface area contributed by atoms with Crippen LogP contribution in [0.25, 0.3) is 0 Å². The minimum atomic E-state index is 1.09. The second-order valence-corrected chi connectivity index (χ2v) is 4.99. The van der Waals surface area contributed by atoms with Gasteiger partial charge < -0.3 is 0 Å². The Morgan fingerprint density at radius 1 is 1.23 bits per heavy atom. The molecule has 0 radical (unpaired) electrons. The monoisotopic (exact) mass is 211 g/mol. The van der Waals surface area contributed by atoms with Crippen molar-refractivity contribution < 1.29 is 0 Å². The number of hydrogen-bond acceptors (Lipinski definition) is 3. The Balaban J connectivity index is 0.000000145. The van der Waals surface area contributed by atoms with Gasteiger partial charge in [0.05, 0.1) is 0 Å². The van der Waals surface area contributed by atoms with Gasteiger partial charge >= 0.3 is 0 Å².